The van der Waals surface area contributed by atoms with Crippen LogP contribution in [0, 0.1) is 23.2 Å². The van der Waals surface area contributed by atoms with Crippen LogP contribution in [0.5, 0.6) is 0 Å². The van der Waals surface area contributed by atoms with Gasteiger partial charge in [-0.3, -0.25) is 4.79 Å². The van der Waals surface area contributed by atoms with Crippen molar-refractivity contribution < 1.29 is 9.59 Å². The zero-order valence-electron chi connectivity index (χ0n) is 13.0. The normalized spacial score (nSPS) is 11.2. The van der Waals surface area contributed by atoms with Gasteiger partial charge in [0.15, 0.2) is 8.32 Å². The Hall–Kier alpha value is -1.88. The first-order valence-corrected chi connectivity index (χ1v) is 9.86. The molecule has 21 heavy (non-hydrogen) atoms. The summed E-state index contributed by atoms with van der Waals surface area (Å²) in [4.78, 5) is 21.0. The van der Waals surface area contributed by atoms with Crippen LogP contribution < -0.4 is 0 Å². The van der Waals surface area contributed by atoms with E-state index in [1.165, 1.54) is 0 Å². The fraction of sp³-hybridized carbons (Fsp3) is 0.412. The van der Waals surface area contributed by atoms with Crippen LogP contribution in [0.15, 0.2) is 18.2 Å². The second kappa shape index (κ2) is 6.71. The zero-order chi connectivity index (χ0) is 16.1. The summed E-state index contributed by atoms with van der Waals surface area (Å²) in [5.41, 5.74) is 1.57. The molecule has 0 aliphatic carbocycles. The highest BCUT2D eigenvalue weighted by Crippen LogP contribution is 2.39. The summed E-state index contributed by atoms with van der Waals surface area (Å²) < 4.78 is 0. The summed E-state index contributed by atoms with van der Waals surface area (Å²) in [6.45, 7) is 8.02. The van der Waals surface area contributed by atoms with Gasteiger partial charge in [0, 0.05) is 17.5 Å². The Labute approximate surface area is 127 Å². The molecule has 0 saturated carbocycles. The minimum atomic E-state index is -2.20. The largest absolute Gasteiger partial charge is 0.432 e. The van der Waals surface area contributed by atoms with Crippen LogP contribution in [0.25, 0.3) is 0 Å². The summed E-state index contributed by atoms with van der Waals surface area (Å²) >= 11 is 0. The van der Waals surface area contributed by atoms with Gasteiger partial charge in [0.1, 0.15) is 6.29 Å². The third-order valence-electron chi connectivity index (χ3n) is 3.98. The smallest absolute Gasteiger partial charge is 0.188 e. The SMILES string of the molecule is CC(C)(CCC#Cc1cc(C#N)cc(C=O)c1)[Si](C)(C)O. The van der Waals surface area contributed by atoms with Gasteiger partial charge in [-0.1, -0.05) is 25.7 Å². The summed E-state index contributed by atoms with van der Waals surface area (Å²) in [7, 11) is -2.20. The highest BCUT2D eigenvalue weighted by Gasteiger charge is 2.37. The van der Waals surface area contributed by atoms with E-state index in [-0.39, 0.29) is 5.04 Å². The van der Waals surface area contributed by atoms with Gasteiger partial charge >= 0.3 is 0 Å². The second-order valence-corrected chi connectivity index (χ2v) is 10.8. The Morgan fingerprint density at radius 3 is 2.43 bits per heavy atom. The average Bonchev–Trinajstić information content (AvgIpc) is 2.42. The molecule has 0 saturated heterocycles. The van der Waals surface area contributed by atoms with Crippen molar-refractivity contribution in [3.05, 3.63) is 34.9 Å². The van der Waals surface area contributed by atoms with Crippen LogP contribution in [0.1, 0.15) is 48.2 Å². The quantitative estimate of drug-likeness (QED) is 0.526. The van der Waals surface area contributed by atoms with Gasteiger partial charge in [-0.25, -0.2) is 0 Å². The number of aldehydes is 1. The number of hydrogen-bond donors (Lipinski definition) is 1. The van der Waals surface area contributed by atoms with Gasteiger partial charge in [0.25, 0.3) is 0 Å². The molecule has 0 spiro atoms. The fourth-order valence-electron chi connectivity index (χ4n) is 1.70. The molecule has 0 aliphatic rings. The molecule has 1 N–H and O–H groups in total. The van der Waals surface area contributed by atoms with Crippen molar-refractivity contribution >= 4 is 14.6 Å². The van der Waals surface area contributed by atoms with Gasteiger partial charge in [-0.05, 0) is 42.8 Å². The lowest BCUT2D eigenvalue weighted by Crippen LogP contribution is -2.38. The van der Waals surface area contributed by atoms with Crippen LogP contribution in [0.2, 0.25) is 18.1 Å². The van der Waals surface area contributed by atoms with Crippen molar-refractivity contribution in [3.8, 4) is 17.9 Å². The molecule has 1 aromatic carbocycles. The Balaban J connectivity index is 2.81. The summed E-state index contributed by atoms with van der Waals surface area (Å²) in [6, 6.07) is 6.92. The Kier molecular flexibility index (Phi) is 5.49. The van der Waals surface area contributed by atoms with Crippen molar-refractivity contribution in [1.29, 1.82) is 5.26 Å². The van der Waals surface area contributed by atoms with Crippen molar-refractivity contribution in [1.82, 2.24) is 0 Å². The predicted molar refractivity (Wildman–Crippen MR) is 86.4 cm³/mol. The highest BCUT2D eigenvalue weighted by molar-refractivity contribution is 6.72. The first kappa shape index (κ1) is 17.2. The van der Waals surface area contributed by atoms with Crippen molar-refractivity contribution in [2.24, 2.45) is 0 Å². The molecule has 1 aromatic rings. The molecule has 110 valence electrons. The Morgan fingerprint density at radius 2 is 1.90 bits per heavy atom. The highest BCUT2D eigenvalue weighted by atomic mass is 28.4. The maximum atomic E-state index is 10.8. The van der Waals surface area contributed by atoms with Crippen molar-refractivity contribution in [3.63, 3.8) is 0 Å². The number of carbonyl (C=O) groups is 1. The molecule has 0 unspecified atom stereocenters. The Morgan fingerprint density at radius 1 is 1.29 bits per heavy atom. The van der Waals surface area contributed by atoms with Crippen molar-refractivity contribution in [2.75, 3.05) is 0 Å². The molecular formula is C17H21NO2Si. The summed E-state index contributed by atoms with van der Waals surface area (Å²) in [5.74, 6) is 6.06. The van der Waals surface area contributed by atoms with Gasteiger partial charge in [-0.2, -0.15) is 5.26 Å². The fourth-order valence-corrected chi connectivity index (χ4v) is 2.44. The topological polar surface area (TPSA) is 61.1 Å². The van der Waals surface area contributed by atoms with E-state index < -0.39 is 8.32 Å². The maximum Gasteiger partial charge on any atom is 0.188 e. The first-order valence-electron chi connectivity index (χ1n) is 6.91. The third kappa shape index (κ3) is 4.86. The molecular weight excluding hydrogens is 278 g/mol. The van der Waals surface area contributed by atoms with Gasteiger partial charge in [0.05, 0.1) is 11.6 Å². The molecule has 0 aromatic heterocycles. The van der Waals surface area contributed by atoms with E-state index in [1.54, 1.807) is 18.2 Å². The molecule has 0 aliphatic heterocycles. The summed E-state index contributed by atoms with van der Waals surface area (Å²) in [5, 5.41) is 8.82. The molecule has 1 rings (SSSR count). The van der Waals surface area contributed by atoms with E-state index in [2.05, 4.69) is 25.7 Å². The van der Waals surface area contributed by atoms with Gasteiger partial charge in [-0.15, -0.1) is 0 Å². The average molecular weight is 299 g/mol. The Bertz CT molecular complexity index is 625. The van der Waals surface area contributed by atoms with E-state index in [4.69, 9.17) is 5.26 Å². The van der Waals surface area contributed by atoms with E-state index in [9.17, 15) is 9.59 Å². The molecule has 0 radical (unpaired) electrons. The van der Waals surface area contributed by atoms with Crippen LogP contribution in [-0.4, -0.2) is 19.4 Å². The number of hydrogen-bond acceptors (Lipinski definition) is 3. The van der Waals surface area contributed by atoms with Gasteiger partial charge in [0.2, 0.25) is 0 Å². The van der Waals surface area contributed by atoms with Crippen molar-refractivity contribution in [2.45, 2.75) is 44.8 Å². The number of benzene rings is 1. The minimum absolute atomic E-state index is 0.0931. The molecule has 0 amide bonds. The van der Waals surface area contributed by atoms with Crippen LogP contribution in [0.4, 0.5) is 0 Å². The molecule has 0 atom stereocenters. The van der Waals surface area contributed by atoms with E-state index in [1.807, 2.05) is 19.2 Å². The number of nitrogens with zero attached hydrogens (tertiary/aromatic N) is 1. The number of carbonyl (C=O) groups excluding carboxylic acids is 1. The zero-order valence-corrected chi connectivity index (χ0v) is 14.0. The standard InChI is InChI=1S/C17H21NO2Si/c1-17(2,21(3,4)20)8-6-5-7-14-9-15(12-18)11-16(10-14)13-19/h9-11,13,20H,6,8H2,1-4H3. The van der Waals surface area contributed by atoms with Gasteiger partial charge < -0.3 is 4.80 Å². The monoisotopic (exact) mass is 299 g/mol. The number of nitriles is 1. The van der Waals surface area contributed by atoms with Crippen LogP contribution >= 0.6 is 0 Å². The molecule has 0 bridgehead atoms. The molecule has 3 nitrogen and oxygen atoms in total. The third-order valence-corrected chi connectivity index (χ3v) is 7.55. The van der Waals surface area contributed by atoms with E-state index >= 15 is 0 Å². The summed E-state index contributed by atoms with van der Waals surface area (Å²) in [6.07, 6.45) is 2.22. The first-order chi connectivity index (χ1) is 9.69. The van der Waals surface area contributed by atoms with E-state index in [0.29, 0.717) is 23.1 Å². The van der Waals surface area contributed by atoms with Crippen LogP contribution in [0.3, 0.4) is 0 Å². The van der Waals surface area contributed by atoms with E-state index in [0.717, 1.165) is 12.7 Å². The molecule has 4 heteroatoms. The lowest BCUT2D eigenvalue weighted by molar-refractivity contribution is 0.112. The lowest BCUT2D eigenvalue weighted by atomic mass is 10.1. The minimum Gasteiger partial charge on any atom is -0.432 e. The second-order valence-electron chi connectivity index (χ2n) is 6.32. The number of rotatable bonds is 4. The molecule has 0 fully saturated rings. The maximum absolute atomic E-state index is 10.8. The lowest BCUT2D eigenvalue weighted by Gasteiger charge is -2.34. The van der Waals surface area contributed by atoms with Crippen LogP contribution in [-0.2, 0) is 0 Å². The predicted octanol–water partition coefficient (Wildman–Crippen LogP) is 3.48. The molecule has 0 heterocycles.